The first-order chi connectivity index (χ1) is 14.6. The number of nitro benzene ring substituents is 1. The number of fused-ring (bicyclic) bond motifs is 2. The number of nitrogens with zero attached hydrogens (tertiary/aromatic N) is 5. The minimum atomic E-state index is -0.410. The molecule has 3 heterocycles. The van der Waals surface area contributed by atoms with Gasteiger partial charge in [0.25, 0.3) is 5.69 Å². The summed E-state index contributed by atoms with van der Waals surface area (Å²) in [6.07, 6.45) is 3.96. The lowest BCUT2D eigenvalue weighted by atomic mass is 10.1. The topological polar surface area (TPSA) is 87.5 Å². The SMILES string of the molecule is COCCn1cc(-c2nn3cc(-c4ccc([N+](=O)[O-])cc4)nc3s2)c2ccccc21. The van der Waals surface area contributed by atoms with Crippen LogP contribution in [-0.2, 0) is 11.3 Å². The first-order valence-electron chi connectivity index (χ1n) is 9.32. The second kappa shape index (κ2) is 7.36. The number of non-ortho nitro benzene ring substituents is 1. The molecule has 0 amide bonds. The zero-order valence-corrected chi connectivity index (χ0v) is 16.9. The van der Waals surface area contributed by atoms with Crippen LogP contribution in [0.2, 0.25) is 0 Å². The van der Waals surface area contributed by atoms with Crippen molar-refractivity contribution in [2.75, 3.05) is 13.7 Å². The quantitative estimate of drug-likeness (QED) is 0.296. The van der Waals surface area contributed by atoms with E-state index in [0.29, 0.717) is 6.61 Å². The molecule has 0 bridgehead atoms. The Morgan fingerprint density at radius 2 is 1.93 bits per heavy atom. The standard InChI is InChI=1S/C21H17N5O3S/c1-29-11-10-24-12-17(16-4-2-3-5-19(16)24)20-23-25-13-18(22-21(25)30-20)14-6-8-15(9-7-14)26(27)28/h2-9,12-13H,10-11H2,1H3. The van der Waals surface area contributed by atoms with E-state index in [1.807, 2.05) is 18.3 Å². The molecule has 0 aliphatic carbocycles. The lowest BCUT2D eigenvalue weighted by molar-refractivity contribution is -0.384. The Bertz CT molecular complexity index is 1340. The summed E-state index contributed by atoms with van der Waals surface area (Å²) in [4.78, 5) is 15.9. The molecule has 0 radical (unpaired) electrons. The normalized spacial score (nSPS) is 11.5. The average molecular weight is 419 g/mol. The number of hydrogen-bond acceptors (Lipinski definition) is 6. The zero-order chi connectivity index (χ0) is 20.7. The van der Waals surface area contributed by atoms with Crippen molar-refractivity contribution < 1.29 is 9.66 Å². The van der Waals surface area contributed by atoms with Gasteiger partial charge < -0.3 is 9.30 Å². The molecule has 30 heavy (non-hydrogen) atoms. The number of para-hydroxylation sites is 1. The van der Waals surface area contributed by atoms with Crippen molar-refractivity contribution in [3.63, 3.8) is 0 Å². The molecule has 150 valence electrons. The van der Waals surface area contributed by atoms with Gasteiger partial charge in [-0.3, -0.25) is 10.1 Å². The van der Waals surface area contributed by atoms with Gasteiger partial charge in [0.15, 0.2) is 0 Å². The highest BCUT2D eigenvalue weighted by Crippen LogP contribution is 2.34. The smallest absolute Gasteiger partial charge is 0.269 e. The van der Waals surface area contributed by atoms with Crippen LogP contribution >= 0.6 is 11.3 Å². The number of methoxy groups -OCH3 is 1. The van der Waals surface area contributed by atoms with Crippen molar-refractivity contribution >= 4 is 32.9 Å². The molecule has 2 aromatic carbocycles. The van der Waals surface area contributed by atoms with Crippen LogP contribution in [0.15, 0.2) is 60.9 Å². The van der Waals surface area contributed by atoms with Crippen LogP contribution in [-0.4, -0.2) is 37.8 Å². The van der Waals surface area contributed by atoms with E-state index in [4.69, 9.17) is 9.84 Å². The van der Waals surface area contributed by atoms with Crippen LogP contribution < -0.4 is 0 Å². The number of rotatable bonds is 6. The molecular weight excluding hydrogens is 402 g/mol. The lowest BCUT2D eigenvalue weighted by Crippen LogP contribution is -2.02. The van der Waals surface area contributed by atoms with E-state index in [9.17, 15) is 10.1 Å². The van der Waals surface area contributed by atoms with Crippen molar-refractivity contribution in [2.45, 2.75) is 6.54 Å². The minimum absolute atomic E-state index is 0.0602. The monoisotopic (exact) mass is 419 g/mol. The Labute approximate surface area is 175 Å². The summed E-state index contributed by atoms with van der Waals surface area (Å²) in [5.41, 5.74) is 3.82. The molecule has 5 aromatic rings. The van der Waals surface area contributed by atoms with E-state index < -0.39 is 4.92 Å². The van der Waals surface area contributed by atoms with Gasteiger partial charge in [-0.2, -0.15) is 5.10 Å². The minimum Gasteiger partial charge on any atom is -0.383 e. The van der Waals surface area contributed by atoms with Gasteiger partial charge >= 0.3 is 0 Å². The Hall–Kier alpha value is -3.56. The fraction of sp³-hybridized carbons (Fsp3) is 0.143. The van der Waals surface area contributed by atoms with Crippen molar-refractivity contribution in [3.8, 4) is 21.8 Å². The molecule has 3 aromatic heterocycles. The zero-order valence-electron chi connectivity index (χ0n) is 16.1. The van der Waals surface area contributed by atoms with Crippen molar-refractivity contribution in [2.24, 2.45) is 0 Å². The van der Waals surface area contributed by atoms with E-state index >= 15 is 0 Å². The summed E-state index contributed by atoms with van der Waals surface area (Å²) >= 11 is 1.51. The number of aromatic nitrogens is 4. The Morgan fingerprint density at radius 3 is 2.67 bits per heavy atom. The highest BCUT2D eigenvalue weighted by Gasteiger charge is 2.16. The number of hydrogen-bond donors (Lipinski definition) is 0. The molecule has 0 aliphatic heterocycles. The fourth-order valence-corrected chi connectivity index (χ4v) is 4.40. The Morgan fingerprint density at radius 1 is 1.13 bits per heavy atom. The molecule has 0 atom stereocenters. The van der Waals surface area contributed by atoms with E-state index in [1.165, 1.54) is 23.5 Å². The van der Waals surface area contributed by atoms with Gasteiger partial charge in [-0.15, -0.1) is 0 Å². The Balaban J connectivity index is 1.52. The predicted molar refractivity (Wildman–Crippen MR) is 116 cm³/mol. The van der Waals surface area contributed by atoms with Crippen LogP contribution in [0.25, 0.3) is 37.7 Å². The van der Waals surface area contributed by atoms with Crippen molar-refractivity contribution in [1.82, 2.24) is 19.2 Å². The van der Waals surface area contributed by atoms with E-state index in [1.54, 1.807) is 23.8 Å². The summed E-state index contributed by atoms with van der Waals surface area (Å²) in [6, 6.07) is 14.6. The molecule has 9 heteroatoms. The number of benzene rings is 2. The maximum absolute atomic E-state index is 10.8. The predicted octanol–water partition coefficient (Wildman–Crippen LogP) is 4.63. The summed E-state index contributed by atoms with van der Waals surface area (Å²) in [7, 11) is 1.70. The van der Waals surface area contributed by atoms with Crippen LogP contribution in [0.5, 0.6) is 0 Å². The Kier molecular flexibility index (Phi) is 4.53. The van der Waals surface area contributed by atoms with Gasteiger partial charge in [-0.1, -0.05) is 29.5 Å². The largest absolute Gasteiger partial charge is 0.383 e. The third kappa shape index (κ3) is 3.14. The van der Waals surface area contributed by atoms with Gasteiger partial charge in [0.05, 0.1) is 23.4 Å². The third-order valence-corrected chi connectivity index (χ3v) is 5.93. The first-order valence-corrected chi connectivity index (χ1v) is 10.1. The molecule has 0 spiro atoms. The second-order valence-corrected chi connectivity index (χ2v) is 7.77. The van der Waals surface area contributed by atoms with Gasteiger partial charge in [0.1, 0.15) is 5.01 Å². The molecule has 0 N–H and O–H groups in total. The van der Waals surface area contributed by atoms with Crippen LogP contribution in [0.1, 0.15) is 0 Å². The summed E-state index contributed by atoms with van der Waals surface area (Å²) in [5.74, 6) is 0. The molecule has 0 fully saturated rings. The van der Waals surface area contributed by atoms with Crippen LogP contribution in [0.3, 0.4) is 0 Å². The summed E-state index contributed by atoms with van der Waals surface area (Å²) in [6.45, 7) is 1.40. The number of ether oxygens (including phenoxy) is 1. The second-order valence-electron chi connectivity index (χ2n) is 6.81. The summed E-state index contributed by atoms with van der Waals surface area (Å²) in [5, 5.41) is 17.6. The van der Waals surface area contributed by atoms with Gasteiger partial charge in [-0.25, -0.2) is 9.50 Å². The molecule has 0 saturated heterocycles. The highest BCUT2D eigenvalue weighted by atomic mass is 32.1. The maximum Gasteiger partial charge on any atom is 0.269 e. The summed E-state index contributed by atoms with van der Waals surface area (Å²) < 4.78 is 9.18. The molecule has 0 saturated carbocycles. The highest BCUT2D eigenvalue weighted by molar-refractivity contribution is 7.20. The van der Waals surface area contributed by atoms with Crippen molar-refractivity contribution in [3.05, 3.63) is 71.0 Å². The molecule has 5 rings (SSSR count). The lowest BCUT2D eigenvalue weighted by Gasteiger charge is -2.03. The van der Waals surface area contributed by atoms with Crippen LogP contribution in [0.4, 0.5) is 5.69 Å². The fourth-order valence-electron chi connectivity index (χ4n) is 3.49. The molecule has 8 nitrogen and oxygen atoms in total. The number of imidazole rings is 1. The maximum atomic E-state index is 10.8. The van der Waals surface area contributed by atoms with Crippen LogP contribution in [0, 0.1) is 10.1 Å². The third-order valence-electron chi connectivity index (χ3n) is 4.97. The van der Waals surface area contributed by atoms with Gasteiger partial charge in [0, 0.05) is 54.0 Å². The van der Waals surface area contributed by atoms with Gasteiger partial charge in [-0.05, 0) is 18.2 Å². The van der Waals surface area contributed by atoms with E-state index in [2.05, 4.69) is 27.9 Å². The molecule has 0 aliphatic rings. The van der Waals surface area contributed by atoms with E-state index in [-0.39, 0.29) is 5.69 Å². The average Bonchev–Trinajstić information content (AvgIpc) is 3.43. The van der Waals surface area contributed by atoms with Crippen molar-refractivity contribution in [1.29, 1.82) is 0 Å². The molecule has 0 unspecified atom stereocenters. The molecular formula is C21H17N5O3S. The number of nitro groups is 1. The van der Waals surface area contributed by atoms with Gasteiger partial charge in [0.2, 0.25) is 4.96 Å². The van der Waals surface area contributed by atoms with E-state index in [0.717, 1.165) is 44.2 Å². The first kappa shape index (κ1) is 18.5.